The maximum Gasteiger partial charge on any atom is 0.410 e. The van der Waals surface area contributed by atoms with Crippen molar-refractivity contribution in [1.29, 1.82) is 0 Å². The van der Waals surface area contributed by atoms with Crippen molar-refractivity contribution in [3.63, 3.8) is 0 Å². The van der Waals surface area contributed by atoms with E-state index in [0.29, 0.717) is 42.4 Å². The number of likely N-dealkylation sites (tertiary alicyclic amines) is 1. The lowest BCUT2D eigenvalue weighted by atomic mass is 9.77. The molecule has 1 heterocycles. The molecule has 6 nitrogen and oxygen atoms in total. The molecule has 4 aliphatic rings. The van der Waals surface area contributed by atoms with Gasteiger partial charge in [0.15, 0.2) is 0 Å². The number of hydrogen-bond acceptors (Lipinski definition) is 4. The zero-order chi connectivity index (χ0) is 26.6. The van der Waals surface area contributed by atoms with E-state index in [1.165, 1.54) is 24.0 Å². The standard InChI is InChI=1S/C32H40N2O4/c1-5-37-22-11-8-20(9-12-22)28-24-14-15-34(31(36)38-32(2,3)4)29(24)27-16-21(30(35)33-18-19-6-7-19)10-13-23(27)25-17-26(25)28/h8-13,16,19,24-26,28-29H,5-7,14-15,17-18H2,1-4H3,(H,33,35)/t24?,25-,26?,28?,29-/m0/s1. The van der Waals surface area contributed by atoms with Crippen molar-refractivity contribution in [3.8, 4) is 5.75 Å². The van der Waals surface area contributed by atoms with Crippen molar-refractivity contribution in [1.82, 2.24) is 10.2 Å². The van der Waals surface area contributed by atoms with Gasteiger partial charge in [-0.2, -0.15) is 0 Å². The van der Waals surface area contributed by atoms with Gasteiger partial charge in [-0.1, -0.05) is 18.2 Å². The summed E-state index contributed by atoms with van der Waals surface area (Å²) in [7, 11) is 0. The third-order valence-corrected chi connectivity index (χ3v) is 8.73. The van der Waals surface area contributed by atoms with Crippen LogP contribution in [0, 0.1) is 17.8 Å². The highest BCUT2D eigenvalue weighted by atomic mass is 16.6. The van der Waals surface area contributed by atoms with Crippen LogP contribution in [0.15, 0.2) is 42.5 Å². The third-order valence-electron chi connectivity index (χ3n) is 8.73. The molecule has 2 amide bonds. The molecule has 0 spiro atoms. The van der Waals surface area contributed by atoms with Crippen LogP contribution in [0.4, 0.5) is 4.79 Å². The van der Waals surface area contributed by atoms with Crippen LogP contribution in [0.25, 0.3) is 0 Å². The first kappa shape index (κ1) is 25.3. The van der Waals surface area contributed by atoms with Crippen molar-refractivity contribution < 1.29 is 19.1 Å². The maximum absolute atomic E-state index is 13.5. The van der Waals surface area contributed by atoms with Crippen molar-refractivity contribution in [2.45, 2.75) is 76.9 Å². The van der Waals surface area contributed by atoms with Gasteiger partial charge in [-0.15, -0.1) is 0 Å². The number of nitrogens with one attached hydrogen (secondary N) is 1. The number of carbonyl (C=O) groups excluding carboxylic acids is 2. The molecule has 1 N–H and O–H groups in total. The molecule has 38 heavy (non-hydrogen) atoms. The minimum Gasteiger partial charge on any atom is -0.494 e. The first-order valence-corrected chi connectivity index (χ1v) is 14.4. The highest BCUT2D eigenvalue weighted by Crippen LogP contribution is 2.65. The second-order valence-corrected chi connectivity index (χ2v) is 12.6. The summed E-state index contributed by atoms with van der Waals surface area (Å²) in [5, 5.41) is 3.12. The van der Waals surface area contributed by atoms with Gasteiger partial charge >= 0.3 is 6.09 Å². The fourth-order valence-electron chi connectivity index (χ4n) is 6.82. The molecule has 2 saturated carbocycles. The van der Waals surface area contributed by atoms with E-state index >= 15 is 0 Å². The molecule has 0 bridgehead atoms. The van der Waals surface area contributed by atoms with E-state index in [4.69, 9.17) is 9.47 Å². The van der Waals surface area contributed by atoms with Gasteiger partial charge in [0.25, 0.3) is 5.91 Å². The normalized spacial score (nSPS) is 27.5. The summed E-state index contributed by atoms with van der Waals surface area (Å²) in [4.78, 5) is 28.5. The van der Waals surface area contributed by atoms with E-state index in [0.717, 1.165) is 30.7 Å². The van der Waals surface area contributed by atoms with E-state index < -0.39 is 5.60 Å². The smallest absolute Gasteiger partial charge is 0.410 e. The molecule has 202 valence electrons. The summed E-state index contributed by atoms with van der Waals surface area (Å²) in [6.45, 7) is 9.80. The summed E-state index contributed by atoms with van der Waals surface area (Å²) in [6, 6.07) is 14.7. The van der Waals surface area contributed by atoms with Crippen molar-refractivity contribution in [2.75, 3.05) is 19.7 Å². The van der Waals surface area contributed by atoms with Crippen LogP contribution in [0.2, 0.25) is 0 Å². The number of amides is 2. The molecule has 0 radical (unpaired) electrons. The lowest BCUT2D eigenvalue weighted by Gasteiger charge is -2.34. The lowest BCUT2D eigenvalue weighted by Crippen LogP contribution is -2.38. The van der Waals surface area contributed by atoms with Crippen LogP contribution in [0.1, 0.15) is 98.3 Å². The molecule has 1 saturated heterocycles. The molecule has 3 fully saturated rings. The van der Waals surface area contributed by atoms with Gasteiger partial charge in [0.1, 0.15) is 11.4 Å². The van der Waals surface area contributed by atoms with E-state index in [1.807, 2.05) is 38.7 Å². The van der Waals surface area contributed by atoms with Crippen molar-refractivity contribution >= 4 is 12.0 Å². The van der Waals surface area contributed by atoms with Gasteiger partial charge in [-0.3, -0.25) is 4.79 Å². The molecule has 5 atom stereocenters. The zero-order valence-corrected chi connectivity index (χ0v) is 23.0. The van der Waals surface area contributed by atoms with Crippen LogP contribution < -0.4 is 10.1 Å². The summed E-state index contributed by atoms with van der Waals surface area (Å²) < 4.78 is 11.6. The fraction of sp³-hybridized carbons (Fsp3) is 0.562. The van der Waals surface area contributed by atoms with Crippen LogP contribution in [0.3, 0.4) is 0 Å². The topological polar surface area (TPSA) is 67.9 Å². The SMILES string of the molecule is CCOc1ccc(C2C3CCN(C(=O)OC(C)(C)C)[C@@H]3c3cc(C(=O)NCC4CC4)ccc3[C@@H]3CC23)cc1. The molecule has 6 rings (SSSR count). The molecule has 6 heteroatoms. The quantitative estimate of drug-likeness (QED) is 0.481. The van der Waals surface area contributed by atoms with E-state index in [-0.39, 0.29) is 24.0 Å². The van der Waals surface area contributed by atoms with Gasteiger partial charge in [0, 0.05) is 18.7 Å². The van der Waals surface area contributed by atoms with Crippen LogP contribution in [0.5, 0.6) is 5.75 Å². The minimum absolute atomic E-state index is 0.0160. The lowest BCUT2D eigenvalue weighted by molar-refractivity contribution is 0.0198. The Morgan fingerprint density at radius 3 is 2.45 bits per heavy atom. The average Bonchev–Trinajstić information content (AvgIpc) is 3.80. The number of fused-ring (bicyclic) bond motifs is 5. The first-order valence-electron chi connectivity index (χ1n) is 14.4. The Hall–Kier alpha value is -3.02. The Kier molecular flexibility index (Phi) is 6.40. The highest BCUT2D eigenvalue weighted by molar-refractivity contribution is 5.94. The Balaban J connectivity index is 1.37. The van der Waals surface area contributed by atoms with Gasteiger partial charge in [0.2, 0.25) is 0 Å². The largest absolute Gasteiger partial charge is 0.494 e. The van der Waals surface area contributed by atoms with Crippen molar-refractivity contribution in [3.05, 3.63) is 64.7 Å². The molecule has 1 aliphatic heterocycles. The fourth-order valence-corrected chi connectivity index (χ4v) is 6.82. The summed E-state index contributed by atoms with van der Waals surface area (Å²) in [6.07, 6.45) is 4.21. The average molecular weight is 517 g/mol. The maximum atomic E-state index is 13.5. The number of ether oxygens (including phenoxy) is 2. The van der Waals surface area contributed by atoms with Gasteiger partial charge in [-0.25, -0.2) is 4.79 Å². The number of nitrogens with zero attached hydrogens (tertiary/aromatic N) is 1. The second kappa shape index (κ2) is 9.62. The Morgan fingerprint density at radius 1 is 1.00 bits per heavy atom. The predicted octanol–water partition coefficient (Wildman–Crippen LogP) is 6.42. The highest BCUT2D eigenvalue weighted by Gasteiger charge is 2.56. The molecule has 2 aromatic rings. The molecule has 3 aliphatic carbocycles. The Bertz CT molecular complexity index is 1210. The van der Waals surface area contributed by atoms with E-state index in [9.17, 15) is 9.59 Å². The number of hydrogen-bond donors (Lipinski definition) is 1. The van der Waals surface area contributed by atoms with Gasteiger partial charge < -0.3 is 19.7 Å². The summed E-state index contributed by atoms with van der Waals surface area (Å²) >= 11 is 0. The van der Waals surface area contributed by atoms with E-state index in [1.54, 1.807) is 0 Å². The first-order chi connectivity index (χ1) is 18.2. The predicted molar refractivity (Wildman–Crippen MR) is 146 cm³/mol. The Morgan fingerprint density at radius 2 is 1.76 bits per heavy atom. The van der Waals surface area contributed by atoms with Crippen molar-refractivity contribution in [2.24, 2.45) is 17.8 Å². The second-order valence-electron chi connectivity index (χ2n) is 12.6. The van der Waals surface area contributed by atoms with Crippen LogP contribution in [-0.4, -0.2) is 42.2 Å². The minimum atomic E-state index is -0.566. The number of rotatable bonds is 6. The third kappa shape index (κ3) is 4.90. The van der Waals surface area contributed by atoms with E-state index in [2.05, 4.69) is 41.7 Å². The van der Waals surface area contributed by atoms with Gasteiger partial charge in [0.05, 0.1) is 12.6 Å². The van der Waals surface area contributed by atoms with Crippen LogP contribution in [-0.2, 0) is 4.74 Å². The number of benzene rings is 2. The zero-order valence-electron chi connectivity index (χ0n) is 23.0. The molecular formula is C32H40N2O4. The summed E-state index contributed by atoms with van der Waals surface area (Å²) in [5.74, 6) is 3.10. The number of carbonyl (C=O) groups is 2. The van der Waals surface area contributed by atoms with Crippen LogP contribution >= 0.6 is 0 Å². The summed E-state index contributed by atoms with van der Waals surface area (Å²) in [5.41, 5.74) is 3.88. The monoisotopic (exact) mass is 516 g/mol. The molecule has 3 unspecified atom stereocenters. The van der Waals surface area contributed by atoms with Gasteiger partial charge in [-0.05, 0) is 124 Å². The molecule has 0 aromatic heterocycles. The molecule has 2 aromatic carbocycles. The Labute approximate surface area is 226 Å². The molecular weight excluding hydrogens is 476 g/mol.